The Kier molecular flexibility index (Phi) is 4.77. The Balaban J connectivity index is 1.55. The fraction of sp³-hybridized carbons (Fsp3) is 0.125. The number of nitrogens with zero attached hydrogens (tertiary/aromatic N) is 4. The van der Waals surface area contributed by atoms with Crippen LogP contribution in [0.3, 0.4) is 0 Å². The molecular weight excluding hydrogens is 358 g/mol. The molecule has 0 saturated heterocycles. The molecule has 23 heavy (non-hydrogen) atoms. The molecular formula is C16H14BrN5O. The highest BCUT2D eigenvalue weighted by molar-refractivity contribution is 9.10. The van der Waals surface area contributed by atoms with Crippen molar-refractivity contribution in [3.05, 3.63) is 65.4 Å². The molecule has 7 heteroatoms. The molecule has 0 aliphatic heterocycles. The van der Waals surface area contributed by atoms with Gasteiger partial charge < -0.3 is 5.32 Å². The van der Waals surface area contributed by atoms with Crippen molar-refractivity contribution in [2.75, 3.05) is 6.54 Å². The van der Waals surface area contributed by atoms with Crippen molar-refractivity contribution in [2.24, 2.45) is 0 Å². The number of hydrogen-bond acceptors (Lipinski definition) is 4. The van der Waals surface area contributed by atoms with Crippen LogP contribution >= 0.6 is 15.9 Å². The molecule has 0 fully saturated rings. The predicted molar refractivity (Wildman–Crippen MR) is 89.7 cm³/mol. The van der Waals surface area contributed by atoms with Crippen molar-refractivity contribution in [3.8, 4) is 11.1 Å². The second-order valence-corrected chi connectivity index (χ2v) is 5.80. The van der Waals surface area contributed by atoms with Crippen molar-refractivity contribution in [3.63, 3.8) is 0 Å². The first-order chi connectivity index (χ1) is 11.2. The minimum atomic E-state index is -0.154. The van der Waals surface area contributed by atoms with Crippen LogP contribution in [-0.2, 0) is 6.54 Å². The van der Waals surface area contributed by atoms with Gasteiger partial charge in [0.2, 0.25) is 0 Å². The molecule has 0 aromatic carbocycles. The predicted octanol–water partition coefficient (Wildman–Crippen LogP) is 2.53. The van der Waals surface area contributed by atoms with E-state index in [0.29, 0.717) is 18.7 Å². The monoisotopic (exact) mass is 371 g/mol. The van der Waals surface area contributed by atoms with Gasteiger partial charge in [-0.05, 0) is 28.1 Å². The molecule has 3 heterocycles. The SMILES string of the molecule is O=C(NCCn1cc(-c2cccnc2)cn1)c1cncc(Br)c1. The quantitative estimate of drug-likeness (QED) is 0.747. The minimum Gasteiger partial charge on any atom is -0.350 e. The van der Waals surface area contributed by atoms with Crippen LogP contribution < -0.4 is 5.32 Å². The standard InChI is InChI=1S/C16H14BrN5O/c17-15-6-13(8-19-10-15)16(23)20-4-5-22-11-14(9-21-22)12-2-1-3-18-7-12/h1-3,6-11H,4-5H2,(H,20,23). The van der Waals surface area contributed by atoms with Gasteiger partial charge in [-0.25, -0.2) is 0 Å². The Morgan fingerprint density at radius 1 is 1.17 bits per heavy atom. The lowest BCUT2D eigenvalue weighted by molar-refractivity contribution is 0.0951. The van der Waals surface area contributed by atoms with E-state index in [1.165, 1.54) is 6.20 Å². The van der Waals surface area contributed by atoms with Crippen LogP contribution in [0.25, 0.3) is 11.1 Å². The van der Waals surface area contributed by atoms with E-state index in [9.17, 15) is 4.79 Å². The maximum atomic E-state index is 12.0. The first-order valence-electron chi connectivity index (χ1n) is 7.04. The van der Waals surface area contributed by atoms with Crippen molar-refractivity contribution in [2.45, 2.75) is 6.54 Å². The maximum absolute atomic E-state index is 12.0. The number of halogens is 1. The lowest BCUT2D eigenvalue weighted by atomic mass is 10.2. The third-order valence-corrected chi connectivity index (χ3v) is 3.66. The average Bonchev–Trinajstić information content (AvgIpc) is 3.04. The number of pyridine rings is 2. The Morgan fingerprint density at radius 3 is 2.87 bits per heavy atom. The fourth-order valence-electron chi connectivity index (χ4n) is 2.09. The summed E-state index contributed by atoms with van der Waals surface area (Å²) in [4.78, 5) is 20.1. The van der Waals surface area contributed by atoms with Gasteiger partial charge in [0, 0.05) is 53.1 Å². The molecule has 0 unspecified atom stereocenters. The Hall–Kier alpha value is -2.54. The average molecular weight is 372 g/mol. The van der Waals surface area contributed by atoms with Gasteiger partial charge in [0.1, 0.15) is 0 Å². The molecule has 3 aromatic heterocycles. The summed E-state index contributed by atoms with van der Waals surface area (Å²) in [5, 5.41) is 7.14. The number of nitrogens with one attached hydrogen (secondary N) is 1. The van der Waals surface area contributed by atoms with E-state index < -0.39 is 0 Å². The number of carbonyl (C=O) groups is 1. The van der Waals surface area contributed by atoms with E-state index in [1.807, 2.05) is 18.3 Å². The Morgan fingerprint density at radius 2 is 2.09 bits per heavy atom. The van der Waals surface area contributed by atoms with Gasteiger partial charge in [0.25, 0.3) is 5.91 Å². The molecule has 0 aliphatic rings. The third kappa shape index (κ3) is 4.01. The van der Waals surface area contributed by atoms with Crippen LogP contribution in [-0.4, -0.2) is 32.2 Å². The zero-order chi connectivity index (χ0) is 16.1. The molecule has 0 spiro atoms. The molecule has 116 valence electrons. The largest absolute Gasteiger partial charge is 0.350 e. The molecule has 0 radical (unpaired) electrons. The van der Waals surface area contributed by atoms with Gasteiger partial charge in [-0.2, -0.15) is 5.10 Å². The van der Waals surface area contributed by atoms with Crippen LogP contribution in [0.4, 0.5) is 0 Å². The highest BCUT2D eigenvalue weighted by Crippen LogP contribution is 2.16. The Bertz CT molecular complexity index is 803. The second-order valence-electron chi connectivity index (χ2n) is 4.88. The first-order valence-corrected chi connectivity index (χ1v) is 7.83. The van der Waals surface area contributed by atoms with E-state index in [0.717, 1.165) is 15.6 Å². The van der Waals surface area contributed by atoms with Gasteiger partial charge in [-0.3, -0.25) is 19.4 Å². The second kappa shape index (κ2) is 7.15. The summed E-state index contributed by atoms with van der Waals surface area (Å²) in [6.07, 6.45) is 10.4. The lowest BCUT2D eigenvalue weighted by Crippen LogP contribution is -2.27. The van der Waals surface area contributed by atoms with E-state index in [4.69, 9.17) is 0 Å². The number of hydrogen-bond donors (Lipinski definition) is 1. The molecule has 6 nitrogen and oxygen atoms in total. The summed E-state index contributed by atoms with van der Waals surface area (Å²) >= 11 is 3.30. The zero-order valence-corrected chi connectivity index (χ0v) is 13.8. The summed E-state index contributed by atoms with van der Waals surface area (Å²) in [7, 11) is 0. The summed E-state index contributed by atoms with van der Waals surface area (Å²) in [6, 6.07) is 5.60. The molecule has 0 bridgehead atoms. The normalized spacial score (nSPS) is 10.5. The number of aromatic nitrogens is 4. The fourth-order valence-corrected chi connectivity index (χ4v) is 2.46. The van der Waals surface area contributed by atoms with Crippen LogP contribution in [0.5, 0.6) is 0 Å². The van der Waals surface area contributed by atoms with Crippen molar-refractivity contribution in [1.82, 2.24) is 25.1 Å². The van der Waals surface area contributed by atoms with Crippen LogP contribution in [0.1, 0.15) is 10.4 Å². The topological polar surface area (TPSA) is 72.7 Å². The summed E-state index contributed by atoms with van der Waals surface area (Å²) in [6.45, 7) is 1.08. The van der Waals surface area contributed by atoms with E-state index in [1.54, 1.807) is 35.5 Å². The van der Waals surface area contributed by atoms with Crippen molar-refractivity contribution >= 4 is 21.8 Å². The van der Waals surface area contributed by atoms with Crippen molar-refractivity contribution < 1.29 is 4.79 Å². The van der Waals surface area contributed by atoms with Gasteiger partial charge in [0.15, 0.2) is 0 Å². The molecule has 1 N–H and O–H groups in total. The molecule has 0 atom stereocenters. The minimum absolute atomic E-state index is 0.154. The molecule has 3 rings (SSSR count). The maximum Gasteiger partial charge on any atom is 0.252 e. The van der Waals surface area contributed by atoms with Crippen molar-refractivity contribution in [1.29, 1.82) is 0 Å². The lowest BCUT2D eigenvalue weighted by Gasteiger charge is -2.05. The van der Waals surface area contributed by atoms with Crippen LogP contribution in [0, 0.1) is 0 Å². The van der Waals surface area contributed by atoms with E-state index in [2.05, 4.69) is 36.3 Å². The molecule has 3 aromatic rings. The van der Waals surface area contributed by atoms with Crippen LogP contribution in [0.2, 0.25) is 0 Å². The molecule has 0 aliphatic carbocycles. The molecule has 0 saturated carbocycles. The molecule has 1 amide bonds. The highest BCUT2D eigenvalue weighted by Gasteiger charge is 2.06. The zero-order valence-electron chi connectivity index (χ0n) is 12.2. The summed E-state index contributed by atoms with van der Waals surface area (Å²) < 4.78 is 2.57. The number of amides is 1. The van der Waals surface area contributed by atoms with Gasteiger partial charge in [-0.1, -0.05) is 6.07 Å². The van der Waals surface area contributed by atoms with E-state index >= 15 is 0 Å². The highest BCUT2D eigenvalue weighted by atomic mass is 79.9. The number of rotatable bonds is 5. The van der Waals surface area contributed by atoms with Gasteiger partial charge >= 0.3 is 0 Å². The van der Waals surface area contributed by atoms with Gasteiger partial charge in [0.05, 0.1) is 18.3 Å². The third-order valence-electron chi connectivity index (χ3n) is 3.22. The number of carbonyl (C=O) groups excluding carboxylic acids is 1. The first kappa shape index (κ1) is 15.4. The van der Waals surface area contributed by atoms with Gasteiger partial charge in [-0.15, -0.1) is 0 Å². The Labute approximate surface area is 141 Å². The summed E-state index contributed by atoms with van der Waals surface area (Å²) in [5.74, 6) is -0.154. The van der Waals surface area contributed by atoms with E-state index in [-0.39, 0.29) is 5.91 Å². The summed E-state index contributed by atoms with van der Waals surface area (Å²) in [5.41, 5.74) is 2.54. The van der Waals surface area contributed by atoms with Crippen LogP contribution in [0.15, 0.2) is 59.9 Å². The smallest absolute Gasteiger partial charge is 0.252 e.